The maximum atomic E-state index is 5.62. The molecule has 1 aromatic carbocycles. The number of likely N-dealkylation sites (tertiary alicyclic amines) is 1. The van der Waals surface area contributed by atoms with E-state index < -0.39 is 0 Å². The summed E-state index contributed by atoms with van der Waals surface area (Å²) >= 11 is 0. The van der Waals surface area contributed by atoms with Crippen LogP contribution in [0.15, 0.2) is 48.9 Å². The Morgan fingerprint density at radius 3 is 2.86 bits per heavy atom. The zero-order valence-corrected chi connectivity index (χ0v) is 17.2. The minimum atomic E-state index is 0.295. The third kappa shape index (κ3) is 4.54. The third-order valence-electron chi connectivity index (χ3n) is 5.33. The number of methoxy groups -OCH3 is 1. The highest BCUT2D eigenvalue weighted by atomic mass is 16.5. The first-order chi connectivity index (χ1) is 14.1. The highest BCUT2D eigenvalue weighted by molar-refractivity contribution is 5.56. The van der Waals surface area contributed by atoms with E-state index >= 15 is 0 Å². The summed E-state index contributed by atoms with van der Waals surface area (Å²) in [5.74, 6) is 1.69. The van der Waals surface area contributed by atoms with Gasteiger partial charge in [0.25, 0.3) is 0 Å². The topological polar surface area (TPSA) is 63.2 Å². The molecule has 0 bridgehead atoms. The van der Waals surface area contributed by atoms with Crippen LogP contribution in [0.4, 0.5) is 11.5 Å². The lowest BCUT2D eigenvalue weighted by Gasteiger charge is -2.25. The van der Waals surface area contributed by atoms with Gasteiger partial charge in [-0.3, -0.25) is 14.9 Å². The predicted octanol–water partition coefficient (Wildman–Crippen LogP) is 4.58. The van der Waals surface area contributed by atoms with Crippen molar-refractivity contribution in [3.63, 3.8) is 0 Å². The number of benzene rings is 1. The van der Waals surface area contributed by atoms with Gasteiger partial charge in [0.15, 0.2) is 0 Å². The van der Waals surface area contributed by atoms with Crippen molar-refractivity contribution in [2.24, 2.45) is 0 Å². The number of nitrogens with one attached hydrogen (secondary N) is 1. The Balaban J connectivity index is 1.57. The molecular formula is C23H27N5O. The standard InChI is InChI=1S/C23H27N5O/c1-16-6-7-18(22(11-16)29-3)15-28-10-4-5-21(28)20-13-19(12-17(2)26-20)27-23-14-24-8-9-25-23/h6-9,11-14,21H,4-5,10,15H2,1-3H3,(H,25,26,27)/t21-/m1/s1. The fourth-order valence-electron chi connectivity index (χ4n) is 4.00. The number of pyridine rings is 1. The molecule has 1 saturated heterocycles. The van der Waals surface area contributed by atoms with E-state index in [9.17, 15) is 0 Å². The molecule has 6 nitrogen and oxygen atoms in total. The van der Waals surface area contributed by atoms with Gasteiger partial charge in [-0.1, -0.05) is 12.1 Å². The summed E-state index contributed by atoms with van der Waals surface area (Å²) in [6, 6.07) is 10.9. The van der Waals surface area contributed by atoms with Gasteiger partial charge in [0.1, 0.15) is 11.6 Å². The molecule has 150 valence electrons. The summed E-state index contributed by atoms with van der Waals surface area (Å²) in [6.45, 7) is 6.04. The van der Waals surface area contributed by atoms with Crippen LogP contribution in [-0.4, -0.2) is 33.5 Å². The Kier molecular flexibility index (Phi) is 5.71. The van der Waals surface area contributed by atoms with E-state index in [2.05, 4.69) is 51.4 Å². The number of anilines is 2. The second-order valence-electron chi connectivity index (χ2n) is 7.58. The van der Waals surface area contributed by atoms with Crippen molar-refractivity contribution in [3.05, 3.63) is 71.4 Å². The molecule has 0 radical (unpaired) electrons. The zero-order chi connectivity index (χ0) is 20.2. The van der Waals surface area contributed by atoms with Gasteiger partial charge < -0.3 is 10.1 Å². The van der Waals surface area contributed by atoms with Crippen LogP contribution in [0.5, 0.6) is 5.75 Å². The molecule has 4 rings (SSSR count). The number of rotatable bonds is 6. The van der Waals surface area contributed by atoms with Crippen LogP contribution in [0.1, 0.15) is 41.4 Å². The summed E-state index contributed by atoms with van der Waals surface area (Å²) in [7, 11) is 1.74. The summed E-state index contributed by atoms with van der Waals surface area (Å²) in [6.07, 6.45) is 7.35. The summed E-state index contributed by atoms with van der Waals surface area (Å²) < 4.78 is 5.62. The zero-order valence-electron chi connectivity index (χ0n) is 17.2. The van der Waals surface area contributed by atoms with Crippen LogP contribution < -0.4 is 10.1 Å². The lowest BCUT2D eigenvalue weighted by Crippen LogP contribution is -2.24. The monoisotopic (exact) mass is 389 g/mol. The number of hydrogen-bond donors (Lipinski definition) is 1. The Morgan fingerprint density at radius 1 is 1.17 bits per heavy atom. The van der Waals surface area contributed by atoms with Crippen LogP contribution in [-0.2, 0) is 6.54 Å². The third-order valence-corrected chi connectivity index (χ3v) is 5.33. The van der Waals surface area contributed by atoms with Crippen LogP contribution in [0.2, 0.25) is 0 Å². The average Bonchev–Trinajstić information content (AvgIpc) is 3.18. The number of nitrogens with zero attached hydrogens (tertiary/aromatic N) is 4. The van der Waals surface area contributed by atoms with E-state index in [0.29, 0.717) is 6.04 Å². The molecule has 2 aromatic heterocycles. The van der Waals surface area contributed by atoms with Gasteiger partial charge >= 0.3 is 0 Å². The predicted molar refractivity (Wildman–Crippen MR) is 114 cm³/mol. The quantitative estimate of drug-likeness (QED) is 0.666. The van der Waals surface area contributed by atoms with Gasteiger partial charge in [-0.05, 0) is 57.0 Å². The van der Waals surface area contributed by atoms with Crippen LogP contribution >= 0.6 is 0 Å². The Labute approximate surface area is 172 Å². The fourth-order valence-corrected chi connectivity index (χ4v) is 4.00. The molecule has 6 heteroatoms. The lowest BCUT2D eigenvalue weighted by molar-refractivity contribution is 0.240. The number of aryl methyl sites for hydroxylation is 2. The first-order valence-electron chi connectivity index (χ1n) is 10.0. The van der Waals surface area contributed by atoms with E-state index in [4.69, 9.17) is 9.72 Å². The van der Waals surface area contributed by atoms with Crippen molar-refractivity contribution >= 4 is 11.5 Å². The second-order valence-corrected chi connectivity index (χ2v) is 7.58. The first-order valence-corrected chi connectivity index (χ1v) is 10.0. The molecular weight excluding hydrogens is 362 g/mol. The molecule has 0 aliphatic carbocycles. The molecule has 1 fully saturated rings. The number of aromatic nitrogens is 3. The molecule has 3 aromatic rings. The van der Waals surface area contributed by atoms with Crippen molar-refractivity contribution in [2.45, 2.75) is 39.3 Å². The lowest BCUT2D eigenvalue weighted by atomic mass is 10.1. The molecule has 1 N–H and O–H groups in total. The van der Waals surface area contributed by atoms with Crippen molar-refractivity contribution in [1.82, 2.24) is 19.9 Å². The maximum Gasteiger partial charge on any atom is 0.148 e. The molecule has 0 spiro atoms. The summed E-state index contributed by atoms with van der Waals surface area (Å²) in [5, 5.41) is 3.35. The minimum Gasteiger partial charge on any atom is -0.496 e. The normalized spacial score (nSPS) is 16.7. The van der Waals surface area contributed by atoms with Crippen LogP contribution in [0, 0.1) is 13.8 Å². The van der Waals surface area contributed by atoms with Crippen LogP contribution in [0.25, 0.3) is 0 Å². The second kappa shape index (κ2) is 8.57. The van der Waals surface area contributed by atoms with Crippen molar-refractivity contribution in [2.75, 3.05) is 19.0 Å². The fraction of sp³-hybridized carbons (Fsp3) is 0.348. The van der Waals surface area contributed by atoms with Crippen molar-refractivity contribution < 1.29 is 4.74 Å². The van der Waals surface area contributed by atoms with E-state index in [-0.39, 0.29) is 0 Å². The summed E-state index contributed by atoms with van der Waals surface area (Å²) in [4.78, 5) is 15.8. The molecule has 0 amide bonds. The number of hydrogen-bond acceptors (Lipinski definition) is 6. The van der Waals surface area contributed by atoms with E-state index in [1.54, 1.807) is 25.7 Å². The van der Waals surface area contributed by atoms with E-state index in [1.165, 1.54) is 17.5 Å². The Hall–Kier alpha value is -2.99. The molecule has 29 heavy (non-hydrogen) atoms. The molecule has 1 atom stereocenters. The Morgan fingerprint density at radius 2 is 2.07 bits per heavy atom. The molecule has 1 aliphatic rings. The highest BCUT2D eigenvalue weighted by Gasteiger charge is 2.28. The molecule has 3 heterocycles. The van der Waals surface area contributed by atoms with Crippen molar-refractivity contribution in [1.29, 1.82) is 0 Å². The SMILES string of the molecule is COc1cc(C)ccc1CN1CCC[C@@H]1c1cc(Nc2cnccn2)cc(C)n1. The first kappa shape index (κ1) is 19.3. The van der Waals surface area contributed by atoms with Gasteiger partial charge in [0.2, 0.25) is 0 Å². The van der Waals surface area contributed by atoms with Crippen LogP contribution in [0.3, 0.4) is 0 Å². The van der Waals surface area contributed by atoms with E-state index in [1.807, 2.05) is 13.0 Å². The molecule has 0 saturated carbocycles. The molecule has 1 aliphatic heterocycles. The largest absolute Gasteiger partial charge is 0.496 e. The number of ether oxygens (including phenoxy) is 1. The molecule has 0 unspecified atom stereocenters. The van der Waals surface area contributed by atoms with Gasteiger partial charge in [-0.15, -0.1) is 0 Å². The Bertz CT molecular complexity index is 976. The van der Waals surface area contributed by atoms with Gasteiger partial charge in [-0.25, -0.2) is 4.98 Å². The van der Waals surface area contributed by atoms with Gasteiger partial charge in [-0.2, -0.15) is 0 Å². The smallest absolute Gasteiger partial charge is 0.148 e. The summed E-state index contributed by atoms with van der Waals surface area (Å²) in [5.41, 5.74) is 5.51. The maximum absolute atomic E-state index is 5.62. The highest BCUT2D eigenvalue weighted by Crippen LogP contribution is 2.35. The average molecular weight is 390 g/mol. The van der Waals surface area contributed by atoms with Crippen molar-refractivity contribution in [3.8, 4) is 5.75 Å². The van der Waals surface area contributed by atoms with Gasteiger partial charge in [0.05, 0.1) is 25.0 Å². The minimum absolute atomic E-state index is 0.295. The van der Waals surface area contributed by atoms with E-state index in [0.717, 1.165) is 48.2 Å². The van der Waals surface area contributed by atoms with Gasteiger partial charge in [0, 0.05) is 35.9 Å².